The molecule has 1 aromatic rings. The third kappa shape index (κ3) is 2.44. The third-order valence-corrected chi connectivity index (χ3v) is 4.77. The van der Waals surface area contributed by atoms with E-state index in [2.05, 4.69) is 31.9 Å². The summed E-state index contributed by atoms with van der Waals surface area (Å²) in [6.45, 7) is 0.776. The molecule has 1 atom stereocenters. The molecule has 1 aromatic carbocycles. The van der Waals surface area contributed by atoms with Crippen LogP contribution in [0.4, 0.5) is 5.69 Å². The molecule has 0 N–H and O–H groups in total. The van der Waals surface area contributed by atoms with Crippen molar-refractivity contribution >= 4 is 55.1 Å². The lowest BCUT2D eigenvalue weighted by Crippen LogP contribution is -2.24. The van der Waals surface area contributed by atoms with Crippen LogP contribution in [0.2, 0.25) is 5.02 Å². The smallest absolute Gasteiger partial charge is 0.227 e. The molecule has 0 bridgehead atoms. The molecule has 2 rings (SSSR count). The molecule has 0 saturated carbocycles. The second-order valence-electron chi connectivity index (χ2n) is 3.83. The number of anilines is 1. The van der Waals surface area contributed by atoms with Crippen molar-refractivity contribution in [3.05, 3.63) is 27.7 Å². The second-order valence-corrected chi connectivity index (χ2v) is 5.74. The predicted molar refractivity (Wildman–Crippen MR) is 73.4 cm³/mol. The fourth-order valence-electron chi connectivity index (χ4n) is 1.79. The first-order valence-electron chi connectivity index (χ1n) is 4.93. The monoisotopic (exact) mass is 365 g/mol. The summed E-state index contributed by atoms with van der Waals surface area (Å²) in [6, 6.07) is 5.56. The van der Waals surface area contributed by atoms with Crippen LogP contribution in [0.5, 0.6) is 0 Å². The van der Waals surface area contributed by atoms with Gasteiger partial charge in [-0.3, -0.25) is 4.79 Å². The zero-order valence-electron chi connectivity index (χ0n) is 8.42. The number of rotatable bonds is 2. The number of carbonyl (C=O) groups is 1. The molecular formula is C11H10Br2ClNO. The van der Waals surface area contributed by atoms with Crippen LogP contribution in [-0.4, -0.2) is 17.8 Å². The average molecular weight is 367 g/mol. The zero-order valence-corrected chi connectivity index (χ0v) is 12.3. The van der Waals surface area contributed by atoms with Gasteiger partial charge in [-0.15, -0.1) is 0 Å². The standard InChI is InChI=1S/C11H10Br2ClNO/c12-5-7-3-11(16)15(6-7)8-1-2-10(14)9(13)4-8/h1-2,4,7H,3,5-6H2. The summed E-state index contributed by atoms with van der Waals surface area (Å²) < 4.78 is 0.821. The minimum absolute atomic E-state index is 0.179. The third-order valence-electron chi connectivity index (χ3n) is 2.64. The Morgan fingerprint density at radius 3 is 2.81 bits per heavy atom. The van der Waals surface area contributed by atoms with Gasteiger partial charge in [0.1, 0.15) is 0 Å². The number of alkyl halides is 1. The molecule has 1 heterocycles. The highest BCUT2D eigenvalue weighted by molar-refractivity contribution is 9.10. The molecule has 2 nitrogen and oxygen atoms in total. The van der Waals surface area contributed by atoms with E-state index in [1.807, 2.05) is 17.0 Å². The maximum atomic E-state index is 11.8. The van der Waals surface area contributed by atoms with Gasteiger partial charge in [0.15, 0.2) is 0 Å². The fourth-order valence-corrected chi connectivity index (χ4v) is 2.71. The van der Waals surface area contributed by atoms with Crippen LogP contribution in [0.3, 0.4) is 0 Å². The molecule has 0 spiro atoms. The van der Waals surface area contributed by atoms with Crippen molar-refractivity contribution < 1.29 is 4.79 Å². The van der Waals surface area contributed by atoms with Crippen molar-refractivity contribution in [3.63, 3.8) is 0 Å². The van der Waals surface area contributed by atoms with E-state index >= 15 is 0 Å². The molecule has 5 heteroatoms. The number of halogens is 3. The minimum Gasteiger partial charge on any atom is -0.312 e. The number of carbonyl (C=O) groups excluding carboxylic acids is 1. The first-order valence-corrected chi connectivity index (χ1v) is 7.22. The van der Waals surface area contributed by atoms with Crippen LogP contribution in [0, 0.1) is 5.92 Å². The molecule has 1 amide bonds. The fraction of sp³-hybridized carbons (Fsp3) is 0.364. The zero-order chi connectivity index (χ0) is 11.7. The molecule has 86 valence electrons. The van der Waals surface area contributed by atoms with Gasteiger partial charge in [0.05, 0.1) is 5.02 Å². The number of hydrogen-bond acceptors (Lipinski definition) is 1. The highest BCUT2D eigenvalue weighted by Gasteiger charge is 2.29. The molecule has 0 radical (unpaired) electrons. The molecule has 1 unspecified atom stereocenters. The van der Waals surface area contributed by atoms with E-state index in [9.17, 15) is 4.79 Å². The Labute approximate surface area is 116 Å². The van der Waals surface area contributed by atoms with Crippen LogP contribution >= 0.6 is 43.5 Å². The molecule has 1 fully saturated rings. The predicted octanol–water partition coefficient (Wildman–Crippen LogP) is 3.85. The van der Waals surface area contributed by atoms with Gasteiger partial charge < -0.3 is 4.90 Å². The molecule has 1 aliphatic heterocycles. The van der Waals surface area contributed by atoms with E-state index in [1.165, 1.54) is 0 Å². The lowest BCUT2D eigenvalue weighted by atomic mass is 10.2. The van der Waals surface area contributed by atoms with Crippen molar-refractivity contribution in [1.82, 2.24) is 0 Å². The Kier molecular flexibility index (Phi) is 3.93. The van der Waals surface area contributed by atoms with Gasteiger partial charge in [0, 0.05) is 28.5 Å². The summed E-state index contributed by atoms with van der Waals surface area (Å²) >= 11 is 12.7. The lowest BCUT2D eigenvalue weighted by molar-refractivity contribution is -0.117. The van der Waals surface area contributed by atoms with Crippen molar-refractivity contribution in [3.8, 4) is 0 Å². The Morgan fingerprint density at radius 2 is 2.25 bits per heavy atom. The summed E-state index contributed by atoms with van der Waals surface area (Å²) in [6.07, 6.45) is 0.617. The molecule has 1 aliphatic rings. The Bertz CT molecular complexity index is 424. The van der Waals surface area contributed by atoms with E-state index in [0.29, 0.717) is 17.4 Å². The van der Waals surface area contributed by atoms with Gasteiger partial charge >= 0.3 is 0 Å². The van der Waals surface area contributed by atoms with Gasteiger partial charge in [-0.1, -0.05) is 27.5 Å². The molecular weight excluding hydrogens is 357 g/mol. The topological polar surface area (TPSA) is 20.3 Å². The maximum Gasteiger partial charge on any atom is 0.227 e. The van der Waals surface area contributed by atoms with E-state index in [1.54, 1.807) is 6.07 Å². The summed E-state index contributed by atoms with van der Waals surface area (Å²) in [5, 5.41) is 1.52. The van der Waals surface area contributed by atoms with Crippen LogP contribution in [-0.2, 0) is 4.79 Å². The van der Waals surface area contributed by atoms with Crippen molar-refractivity contribution in [1.29, 1.82) is 0 Å². The quantitative estimate of drug-likeness (QED) is 0.727. The molecule has 0 aromatic heterocycles. The molecule has 16 heavy (non-hydrogen) atoms. The van der Waals surface area contributed by atoms with Gasteiger partial charge in [0.2, 0.25) is 5.91 Å². The number of nitrogens with zero attached hydrogens (tertiary/aromatic N) is 1. The van der Waals surface area contributed by atoms with E-state index in [4.69, 9.17) is 11.6 Å². The highest BCUT2D eigenvalue weighted by atomic mass is 79.9. The van der Waals surface area contributed by atoms with Crippen molar-refractivity contribution in [2.75, 3.05) is 16.8 Å². The Hall–Kier alpha value is -0.0600. The first kappa shape index (κ1) is 12.4. The van der Waals surface area contributed by atoms with Gasteiger partial charge in [0.25, 0.3) is 0 Å². The van der Waals surface area contributed by atoms with E-state index in [-0.39, 0.29) is 5.91 Å². The van der Waals surface area contributed by atoms with Crippen molar-refractivity contribution in [2.24, 2.45) is 5.92 Å². The normalized spacial score (nSPS) is 20.6. The summed E-state index contributed by atoms with van der Waals surface area (Å²) in [5.41, 5.74) is 0.907. The number of hydrogen-bond donors (Lipinski definition) is 0. The average Bonchev–Trinajstić information content (AvgIpc) is 2.64. The second kappa shape index (κ2) is 5.07. The van der Waals surface area contributed by atoms with E-state index < -0.39 is 0 Å². The summed E-state index contributed by atoms with van der Waals surface area (Å²) in [4.78, 5) is 13.6. The summed E-state index contributed by atoms with van der Waals surface area (Å²) in [7, 11) is 0. The maximum absolute atomic E-state index is 11.8. The summed E-state index contributed by atoms with van der Waals surface area (Å²) in [5.74, 6) is 0.584. The van der Waals surface area contributed by atoms with Crippen LogP contribution in [0.1, 0.15) is 6.42 Å². The van der Waals surface area contributed by atoms with E-state index in [0.717, 1.165) is 22.0 Å². The van der Waals surface area contributed by atoms with Gasteiger partial charge in [-0.05, 0) is 40.0 Å². The van der Waals surface area contributed by atoms with Crippen LogP contribution in [0.25, 0.3) is 0 Å². The lowest BCUT2D eigenvalue weighted by Gasteiger charge is -2.17. The highest BCUT2D eigenvalue weighted by Crippen LogP contribution is 2.31. The first-order chi connectivity index (χ1) is 7.61. The van der Waals surface area contributed by atoms with Crippen molar-refractivity contribution in [2.45, 2.75) is 6.42 Å². The van der Waals surface area contributed by atoms with Gasteiger partial charge in [-0.2, -0.15) is 0 Å². The largest absolute Gasteiger partial charge is 0.312 e. The molecule has 0 aliphatic carbocycles. The molecule has 1 saturated heterocycles. The Balaban J connectivity index is 2.24. The van der Waals surface area contributed by atoms with Gasteiger partial charge in [-0.25, -0.2) is 0 Å². The van der Waals surface area contributed by atoms with Crippen LogP contribution < -0.4 is 4.90 Å². The Morgan fingerprint density at radius 1 is 1.50 bits per heavy atom. The SMILES string of the molecule is O=C1CC(CBr)CN1c1ccc(Cl)c(Br)c1. The minimum atomic E-state index is 0.179. The number of benzene rings is 1. The number of amides is 1. The van der Waals surface area contributed by atoms with Crippen LogP contribution in [0.15, 0.2) is 22.7 Å².